The summed E-state index contributed by atoms with van der Waals surface area (Å²) in [5, 5.41) is 3.26. The predicted octanol–water partition coefficient (Wildman–Crippen LogP) is 2.71. The normalized spacial score (nSPS) is 16.7. The van der Waals surface area contributed by atoms with Crippen LogP contribution in [0.4, 0.5) is 10.1 Å². The fourth-order valence-electron chi connectivity index (χ4n) is 2.89. The molecule has 0 bridgehead atoms. The van der Waals surface area contributed by atoms with E-state index in [1.54, 1.807) is 12.1 Å². The van der Waals surface area contributed by atoms with E-state index in [-0.39, 0.29) is 5.82 Å². The molecule has 0 radical (unpaired) electrons. The van der Waals surface area contributed by atoms with E-state index in [1.165, 1.54) is 0 Å². The van der Waals surface area contributed by atoms with Gasteiger partial charge in [0.25, 0.3) is 0 Å². The molecule has 1 aromatic rings. The Kier molecular flexibility index (Phi) is 6.00. The molecule has 0 saturated carbocycles. The first-order valence-corrected chi connectivity index (χ1v) is 8.06. The molecule has 4 heteroatoms. The zero-order valence-electron chi connectivity index (χ0n) is 13.5. The Hall–Kier alpha value is -1.13. The van der Waals surface area contributed by atoms with Crippen molar-refractivity contribution in [3.8, 4) is 0 Å². The summed E-state index contributed by atoms with van der Waals surface area (Å²) in [4.78, 5) is 4.80. The van der Waals surface area contributed by atoms with Crippen molar-refractivity contribution in [2.45, 2.75) is 27.3 Å². The van der Waals surface area contributed by atoms with Gasteiger partial charge in [-0.15, -0.1) is 0 Å². The summed E-state index contributed by atoms with van der Waals surface area (Å²) >= 11 is 0. The smallest absolute Gasteiger partial charge is 0.125 e. The molecular weight excluding hydrogens is 265 g/mol. The molecule has 3 nitrogen and oxygen atoms in total. The quantitative estimate of drug-likeness (QED) is 0.870. The molecule has 1 aromatic carbocycles. The maximum absolute atomic E-state index is 13.8. The second kappa shape index (κ2) is 7.76. The van der Waals surface area contributed by atoms with Crippen LogP contribution in [0.25, 0.3) is 0 Å². The van der Waals surface area contributed by atoms with E-state index >= 15 is 0 Å². The Morgan fingerprint density at radius 1 is 1.14 bits per heavy atom. The van der Waals surface area contributed by atoms with Crippen molar-refractivity contribution in [3.05, 3.63) is 29.6 Å². The highest BCUT2D eigenvalue weighted by atomic mass is 19.1. The lowest BCUT2D eigenvalue weighted by atomic mass is 10.1. The van der Waals surface area contributed by atoms with Gasteiger partial charge in [0.15, 0.2) is 0 Å². The summed E-state index contributed by atoms with van der Waals surface area (Å²) in [6.45, 7) is 13.5. The van der Waals surface area contributed by atoms with Crippen LogP contribution < -0.4 is 10.2 Å². The van der Waals surface area contributed by atoms with Crippen LogP contribution in [0, 0.1) is 11.7 Å². The number of hydrogen-bond acceptors (Lipinski definition) is 3. The standard InChI is InChI=1S/C17H28FN3/c1-4-19-12-15-9-16(18)11-17(10-15)21-7-5-20(6-8-21)13-14(2)3/h9-11,14,19H,4-8,12-13H2,1-3H3. The van der Waals surface area contributed by atoms with Crippen molar-refractivity contribution in [2.24, 2.45) is 5.92 Å². The lowest BCUT2D eigenvalue weighted by Crippen LogP contribution is -2.47. The Morgan fingerprint density at radius 3 is 2.48 bits per heavy atom. The van der Waals surface area contributed by atoms with Gasteiger partial charge in [-0.25, -0.2) is 4.39 Å². The minimum atomic E-state index is -0.134. The van der Waals surface area contributed by atoms with E-state index in [2.05, 4.69) is 42.0 Å². The molecule has 1 N–H and O–H groups in total. The van der Waals surface area contributed by atoms with Crippen LogP contribution in [-0.2, 0) is 6.54 Å². The first-order chi connectivity index (χ1) is 10.1. The van der Waals surface area contributed by atoms with E-state index in [0.29, 0.717) is 5.92 Å². The number of hydrogen-bond donors (Lipinski definition) is 1. The van der Waals surface area contributed by atoms with Crippen molar-refractivity contribution < 1.29 is 4.39 Å². The molecule has 0 amide bonds. The van der Waals surface area contributed by atoms with Gasteiger partial charge in [0.2, 0.25) is 0 Å². The summed E-state index contributed by atoms with van der Waals surface area (Å²) in [6, 6.07) is 5.40. The van der Waals surface area contributed by atoms with Crippen molar-refractivity contribution in [1.82, 2.24) is 10.2 Å². The molecular formula is C17H28FN3. The second-order valence-corrected chi connectivity index (χ2v) is 6.28. The number of nitrogens with zero attached hydrogens (tertiary/aromatic N) is 2. The Labute approximate surface area is 128 Å². The van der Waals surface area contributed by atoms with Crippen LogP contribution in [0.3, 0.4) is 0 Å². The molecule has 0 aromatic heterocycles. The average molecular weight is 293 g/mol. The zero-order valence-corrected chi connectivity index (χ0v) is 13.5. The number of benzene rings is 1. The Morgan fingerprint density at radius 2 is 1.86 bits per heavy atom. The van der Waals surface area contributed by atoms with Crippen LogP contribution in [-0.4, -0.2) is 44.2 Å². The van der Waals surface area contributed by atoms with Gasteiger partial charge < -0.3 is 10.2 Å². The molecule has 2 rings (SSSR count). The van der Waals surface area contributed by atoms with Gasteiger partial charge in [-0.05, 0) is 36.2 Å². The molecule has 0 atom stereocenters. The van der Waals surface area contributed by atoms with Gasteiger partial charge in [-0.1, -0.05) is 20.8 Å². The summed E-state index contributed by atoms with van der Waals surface area (Å²) in [5.41, 5.74) is 2.04. The van der Waals surface area contributed by atoms with E-state index in [9.17, 15) is 4.39 Å². The summed E-state index contributed by atoms with van der Waals surface area (Å²) < 4.78 is 13.8. The van der Waals surface area contributed by atoms with E-state index in [4.69, 9.17) is 0 Å². The summed E-state index contributed by atoms with van der Waals surface area (Å²) in [7, 11) is 0. The third-order valence-electron chi connectivity index (χ3n) is 3.88. The lowest BCUT2D eigenvalue weighted by Gasteiger charge is -2.37. The minimum Gasteiger partial charge on any atom is -0.369 e. The first kappa shape index (κ1) is 16.2. The molecule has 1 heterocycles. The van der Waals surface area contributed by atoms with Crippen molar-refractivity contribution in [3.63, 3.8) is 0 Å². The first-order valence-electron chi connectivity index (χ1n) is 8.06. The van der Waals surface area contributed by atoms with E-state index < -0.39 is 0 Å². The zero-order chi connectivity index (χ0) is 15.2. The Bertz CT molecular complexity index is 440. The van der Waals surface area contributed by atoms with E-state index in [1.807, 2.05) is 0 Å². The van der Waals surface area contributed by atoms with Gasteiger partial charge in [-0.2, -0.15) is 0 Å². The highest BCUT2D eigenvalue weighted by Gasteiger charge is 2.18. The van der Waals surface area contributed by atoms with Crippen molar-refractivity contribution >= 4 is 5.69 Å². The largest absolute Gasteiger partial charge is 0.369 e. The molecule has 1 aliphatic heterocycles. The number of halogens is 1. The minimum absolute atomic E-state index is 0.134. The second-order valence-electron chi connectivity index (χ2n) is 6.28. The number of piperazine rings is 1. The van der Waals surface area contributed by atoms with Crippen LogP contribution in [0.5, 0.6) is 0 Å². The predicted molar refractivity (Wildman–Crippen MR) is 87.3 cm³/mol. The van der Waals surface area contributed by atoms with Crippen LogP contribution in [0.1, 0.15) is 26.3 Å². The van der Waals surface area contributed by atoms with Gasteiger partial charge in [-0.3, -0.25) is 4.90 Å². The van der Waals surface area contributed by atoms with Crippen LogP contribution in [0.15, 0.2) is 18.2 Å². The molecule has 21 heavy (non-hydrogen) atoms. The van der Waals surface area contributed by atoms with Crippen LogP contribution >= 0.6 is 0 Å². The number of nitrogens with one attached hydrogen (secondary N) is 1. The maximum atomic E-state index is 13.8. The fourth-order valence-corrected chi connectivity index (χ4v) is 2.89. The van der Waals surface area contributed by atoms with Gasteiger partial charge in [0.05, 0.1) is 0 Å². The third-order valence-corrected chi connectivity index (χ3v) is 3.88. The average Bonchev–Trinajstić information content (AvgIpc) is 2.44. The molecule has 0 unspecified atom stereocenters. The van der Waals surface area contributed by atoms with E-state index in [0.717, 1.165) is 57.1 Å². The SMILES string of the molecule is CCNCc1cc(F)cc(N2CCN(CC(C)C)CC2)c1. The molecule has 1 aliphatic rings. The molecule has 118 valence electrons. The molecule has 0 aliphatic carbocycles. The Balaban J connectivity index is 1.97. The highest BCUT2D eigenvalue weighted by Crippen LogP contribution is 2.20. The topological polar surface area (TPSA) is 18.5 Å². The number of rotatable bonds is 6. The monoisotopic (exact) mass is 293 g/mol. The number of anilines is 1. The van der Waals surface area contributed by atoms with Gasteiger partial charge in [0.1, 0.15) is 5.82 Å². The summed E-state index contributed by atoms with van der Waals surface area (Å²) in [5.74, 6) is 0.572. The molecule has 1 saturated heterocycles. The van der Waals surface area contributed by atoms with Gasteiger partial charge in [0, 0.05) is 45.0 Å². The molecule has 1 fully saturated rings. The third kappa shape index (κ3) is 4.97. The molecule has 0 spiro atoms. The van der Waals surface area contributed by atoms with Crippen LogP contribution in [0.2, 0.25) is 0 Å². The fraction of sp³-hybridized carbons (Fsp3) is 0.647. The van der Waals surface area contributed by atoms with Crippen molar-refractivity contribution in [2.75, 3.05) is 44.2 Å². The van der Waals surface area contributed by atoms with Crippen molar-refractivity contribution in [1.29, 1.82) is 0 Å². The lowest BCUT2D eigenvalue weighted by molar-refractivity contribution is 0.231. The van der Waals surface area contributed by atoms with Gasteiger partial charge >= 0.3 is 0 Å². The highest BCUT2D eigenvalue weighted by molar-refractivity contribution is 5.49. The maximum Gasteiger partial charge on any atom is 0.125 e. The summed E-state index contributed by atoms with van der Waals surface area (Å²) in [6.07, 6.45) is 0.